The summed E-state index contributed by atoms with van der Waals surface area (Å²) in [6.45, 7) is 2.79. The van der Waals surface area contributed by atoms with Gasteiger partial charge in [-0.15, -0.1) is 0 Å². The number of nitrogens with one attached hydrogen (secondary N) is 1. The lowest BCUT2D eigenvalue weighted by Crippen LogP contribution is -2.41. The molecule has 0 aliphatic rings. The Labute approximate surface area is 98.5 Å². The second kappa shape index (κ2) is 4.96. The molecule has 7 nitrogen and oxygen atoms in total. The number of aliphatic carboxylic acids is 1. The first kappa shape index (κ1) is 13.2. The number of carboxylic acids is 1. The van der Waals surface area contributed by atoms with Gasteiger partial charge in [-0.1, -0.05) is 0 Å². The fraction of sp³-hybridized carbons (Fsp3) is 0.500. The highest BCUT2D eigenvalue weighted by atomic mass is 16.5. The number of rotatable bonds is 5. The highest BCUT2D eigenvalue weighted by molar-refractivity contribution is 5.77. The molecule has 0 saturated carbocycles. The summed E-state index contributed by atoms with van der Waals surface area (Å²) in [5, 5.41) is 21.0. The molecule has 7 heteroatoms. The molecule has 94 valence electrons. The summed E-state index contributed by atoms with van der Waals surface area (Å²) >= 11 is 0. The van der Waals surface area contributed by atoms with Gasteiger partial charge in [0.1, 0.15) is 5.82 Å². The van der Waals surface area contributed by atoms with Crippen molar-refractivity contribution in [3.05, 3.63) is 11.8 Å². The van der Waals surface area contributed by atoms with Crippen LogP contribution in [0.3, 0.4) is 0 Å². The van der Waals surface area contributed by atoms with E-state index in [2.05, 4.69) is 15.3 Å². The standard InChI is InChI=1S/C10H15N3O4/c1-6-4-7(13-9(12-6)17-3)11-5-10(2,16)8(14)15/h4,16H,5H2,1-3H3,(H,14,15)(H,11,12,13). The Balaban J connectivity index is 2.76. The zero-order valence-corrected chi connectivity index (χ0v) is 9.89. The molecule has 0 aliphatic carbocycles. The van der Waals surface area contributed by atoms with Crippen LogP contribution in [0.1, 0.15) is 12.6 Å². The van der Waals surface area contributed by atoms with Gasteiger partial charge < -0.3 is 20.3 Å². The van der Waals surface area contributed by atoms with Crippen molar-refractivity contribution in [2.45, 2.75) is 19.4 Å². The molecule has 1 aromatic heterocycles. The van der Waals surface area contributed by atoms with E-state index in [4.69, 9.17) is 9.84 Å². The van der Waals surface area contributed by atoms with Gasteiger partial charge in [0.05, 0.1) is 13.7 Å². The number of nitrogens with zero attached hydrogens (tertiary/aromatic N) is 2. The summed E-state index contributed by atoms with van der Waals surface area (Å²) in [4.78, 5) is 18.6. The highest BCUT2D eigenvalue weighted by Gasteiger charge is 2.29. The molecule has 0 radical (unpaired) electrons. The molecule has 1 atom stereocenters. The van der Waals surface area contributed by atoms with E-state index in [1.54, 1.807) is 13.0 Å². The van der Waals surface area contributed by atoms with Crippen LogP contribution in [0.15, 0.2) is 6.07 Å². The highest BCUT2D eigenvalue weighted by Crippen LogP contribution is 2.12. The smallest absolute Gasteiger partial charge is 0.337 e. The number of carbonyl (C=O) groups is 1. The van der Waals surface area contributed by atoms with Crippen molar-refractivity contribution in [2.75, 3.05) is 19.0 Å². The molecule has 1 aromatic rings. The van der Waals surface area contributed by atoms with Gasteiger partial charge in [-0.25, -0.2) is 9.78 Å². The first-order valence-electron chi connectivity index (χ1n) is 4.94. The molecule has 0 bridgehead atoms. The van der Waals surface area contributed by atoms with Gasteiger partial charge in [0, 0.05) is 11.8 Å². The van der Waals surface area contributed by atoms with Crippen LogP contribution in [0.2, 0.25) is 0 Å². The normalized spacial score (nSPS) is 13.9. The second-order valence-electron chi connectivity index (χ2n) is 3.81. The van der Waals surface area contributed by atoms with Gasteiger partial charge in [0.2, 0.25) is 0 Å². The Bertz CT molecular complexity index is 420. The zero-order valence-electron chi connectivity index (χ0n) is 9.89. The van der Waals surface area contributed by atoms with Crippen molar-refractivity contribution >= 4 is 11.8 Å². The topological polar surface area (TPSA) is 105 Å². The van der Waals surface area contributed by atoms with E-state index in [0.717, 1.165) is 0 Å². The number of hydrogen-bond donors (Lipinski definition) is 3. The van der Waals surface area contributed by atoms with Gasteiger partial charge in [-0.05, 0) is 13.8 Å². The van der Waals surface area contributed by atoms with Crippen LogP contribution in [-0.2, 0) is 4.79 Å². The summed E-state index contributed by atoms with van der Waals surface area (Å²) in [7, 11) is 1.44. The number of aryl methyl sites for hydroxylation is 1. The van der Waals surface area contributed by atoms with Crippen LogP contribution in [0, 0.1) is 6.92 Å². The van der Waals surface area contributed by atoms with E-state index in [1.807, 2.05) is 0 Å². The lowest BCUT2D eigenvalue weighted by Gasteiger charge is -2.18. The maximum absolute atomic E-state index is 10.7. The fourth-order valence-corrected chi connectivity index (χ4v) is 1.06. The lowest BCUT2D eigenvalue weighted by atomic mass is 10.1. The Morgan fingerprint density at radius 1 is 1.59 bits per heavy atom. The third-order valence-corrected chi connectivity index (χ3v) is 2.09. The minimum atomic E-state index is -1.86. The zero-order chi connectivity index (χ0) is 13.1. The summed E-state index contributed by atoms with van der Waals surface area (Å²) in [6, 6.07) is 1.81. The monoisotopic (exact) mass is 241 g/mol. The van der Waals surface area contributed by atoms with Gasteiger partial charge in [-0.3, -0.25) is 0 Å². The molecule has 0 amide bonds. The third kappa shape index (κ3) is 3.56. The number of methoxy groups -OCH3 is 1. The predicted octanol–water partition coefficient (Wildman–Crippen LogP) is 0.0411. The Morgan fingerprint density at radius 2 is 2.24 bits per heavy atom. The number of aromatic nitrogens is 2. The Kier molecular flexibility index (Phi) is 3.84. The Morgan fingerprint density at radius 3 is 2.76 bits per heavy atom. The molecule has 3 N–H and O–H groups in total. The molecular weight excluding hydrogens is 226 g/mol. The SMILES string of the molecule is COc1nc(C)cc(NCC(C)(O)C(=O)O)n1. The van der Waals surface area contributed by atoms with Crippen molar-refractivity contribution in [3.8, 4) is 6.01 Å². The third-order valence-electron chi connectivity index (χ3n) is 2.09. The van der Waals surface area contributed by atoms with Gasteiger partial charge in [0.15, 0.2) is 5.60 Å². The largest absolute Gasteiger partial charge is 0.479 e. The van der Waals surface area contributed by atoms with Gasteiger partial charge in [0.25, 0.3) is 0 Å². The number of ether oxygens (including phenoxy) is 1. The van der Waals surface area contributed by atoms with Crippen LogP contribution >= 0.6 is 0 Å². The average Bonchev–Trinajstić information content (AvgIpc) is 2.25. The van der Waals surface area contributed by atoms with Crippen LogP contribution < -0.4 is 10.1 Å². The van der Waals surface area contributed by atoms with Crippen LogP contribution in [-0.4, -0.2) is 45.4 Å². The van der Waals surface area contributed by atoms with E-state index < -0.39 is 11.6 Å². The van der Waals surface area contributed by atoms with E-state index in [1.165, 1.54) is 14.0 Å². The first-order chi connectivity index (χ1) is 7.85. The molecule has 0 aliphatic heterocycles. The van der Waals surface area contributed by atoms with E-state index >= 15 is 0 Å². The number of aliphatic hydroxyl groups is 1. The maximum atomic E-state index is 10.7. The maximum Gasteiger partial charge on any atom is 0.337 e. The first-order valence-corrected chi connectivity index (χ1v) is 4.94. The minimum absolute atomic E-state index is 0.165. The summed E-state index contributed by atoms with van der Waals surface area (Å²) < 4.78 is 4.87. The van der Waals surface area contributed by atoms with Crippen LogP contribution in [0.25, 0.3) is 0 Å². The predicted molar refractivity (Wildman–Crippen MR) is 60.1 cm³/mol. The summed E-state index contributed by atoms with van der Waals surface area (Å²) in [5.41, 5.74) is -1.18. The molecule has 0 saturated heterocycles. The molecule has 1 heterocycles. The molecule has 0 spiro atoms. The van der Waals surface area contributed by atoms with Gasteiger partial charge in [-0.2, -0.15) is 4.98 Å². The van der Waals surface area contributed by atoms with Crippen molar-refractivity contribution < 1.29 is 19.7 Å². The summed E-state index contributed by atoms with van der Waals surface area (Å²) in [6.07, 6.45) is 0. The van der Waals surface area contributed by atoms with Crippen molar-refractivity contribution in [1.82, 2.24) is 9.97 Å². The number of anilines is 1. The van der Waals surface area contributed by atoms with Crippen LogP contribution in [0.5, 0.6) is 6.01 Å². The van der Waals surface area contributed by atoms with E-state index in [0.29, 0.717) is 11.5 Å². The molecule has 0 fully saturated rings. The molecular formula is C10H15N3O4. The number of carboxylic acid groups (broad SMARTS) is 1. The molecule has 1 rings (SSSR count). The van der Waals surface area contributed by atoms with Crippen LogP contribution in [0.4, 0.5) is 5.82 Å². The summed E-state index contributed by atoms with van der Waals surface area (Å²) in [5.74, 6) is -0.904. The minimum Gasteiger partial charge on any atom is -0.479 e. The Hall–Kier alpha value is -1.89. The quantitative estimate of drug-likeness (QED) is 0.668. The van der Waals surface area contributed by atoms with Crippen molar-refractivity contribution in [2.24, 2.45) is 0 Å². The molecule has 17 heavy (non-hydrogen) atoms. The second-order valence-corrected chi connectivity index (χ2v) is 3.81. The van der Waals surface area contributed by atoms with Gasteiger partial charge >= 0.3 is 12.0 Å². The fourth-order valence-electron chi connectivity index (χ4n) is 1.06. The average molecular weight is 241 g/mol. The van der Waals surface area contributed by atoms with Crippen molar-refractivity contribution in [3.63, 3.8) is 0 Å². The van der Waals surface area contributed by atoms with E-state index in [-0.39, 0.29) is 12.6 Å². The van der Waals surface area contributed by atoms with Crippen molar-refractivity contribution in [1.29, 1.82) is 0 Å². The lowest BCUT2D eigenvalue weighted by molar-refractivity contribution is -0.155. The molecule has 1 unspecified atom stereocenters. The van der Waals surface area contributed by atoms with E-state index in [9.17, 15) is 9.90 Å². The number of hydrogen-bond acceptors (Lipinski definition) is 6. The molecule has 0 aromatic carbocycles.